The summed E-state index contributed by atoms with van der Waals surface area (Å²) in [6.45, 7) is 5.57. The molecule has 142 valence electrons. The molecule has 0 radical (unpaired) electrons. The van der Waals surface area contributed by atoms with E-state index in [1.807, 2.05) is 24.3 Å². The Kier molecular flexibility index (Phi) is 4.07. The summed E-state index contributed by atoms with van der Waals surface area (Å²) in [5.41, 5.74) is 5.83. The van der Waals surface area contributed by atoms with Crippen molar-refractivity contribution in [2.45, 2.75) is 39.2 Å². The number of aryl methyl sites for hydroxylation is 1. The molecule has 0 amide bonds. The van der Waals surface area contributed by atoms with Gasteiger partial charge >= 0.3 is 0 Å². The minimum Gasteiger partial charge on any atom is -0.369 e. The standard InChI is InChI=1S/C21H23N7/c1-14-13-16(27-12-6-5-7-15(27)2)10-11-17(14)22-20-21-24-25-26-28(21)19-9-4-3-8-18(19)23-20/h3-4,8-11,13,15H,5-7,12H2,1-2H3,(H,22,23). The van der Waals surface area contributed by atoms with Gasteiger partial charge in [-0.05, 0) is 79.4 Å². The highest BCUT2D eigenvalue weighted by Crippen LogP contribution is 2.30. The van der Waals surface area contributed by atoms with Crippen molar-refractivity contribution in [2.75, 3.05) is 16.8 Å². The van der Waals surface area contributed by atoms with Gasteiger partial charge in [0, 0.05) is 24.0 Å². The van der Waals surface area contributed by atoms with Crippen molar-refractivity contribution >= 4 is 33.9 Å². The van der Waals surface area contributed by atoms with Crippen molar-refractivity contribution in [3.63, 3.8) is 0 Å². The topological polar surface area (TPSA) is 71.2 Å². The molecule has 1 aliphatic heterocycles. The summed E-state index contributed by atoms with van der Waals surface area (Å²) in [5, 5.41) is 15.6. The summed E-state index contributed by atoms with van der Waals surface area (Å²) in [7, 11) is 0. The van der Waals surface area contributed by atoms with Crippen LogP contribution in [0.5, 0.6) is 0 Å². The molecule has 7 heteroatoms. The number of nitrogens with one attached hydrogen (secondary N) is 1. The van der Waals surface area contributed by atoms with Gasteiger partial charge in [-0.1, -0.05) is 12.1 Å². The molecule has 0 bridgehead atoms. The molecule has 4 aromatic rings. The van der Waals surface area contributed by atoms with Crippen LogP contribution in [0.1, 0.15) is 31.7 Å². The quantitative estimate of drug-likeness (QED) is 0.583. The van der Waals surface area contributed by atoms with E-state index < -0.39 is 0 Å². The molecule has 1 fully saturated rings. The highest BCUT2D eigenvalue weighted by Gasteiger charge is 2.19. The van der Waals surface area contributed by atoms with Gasteiger partial charge in [0.1, 0.15) is 0 Å². The van der Waals surface area contributed by atoms with Crippen LogP contribution in [0.15, 0.2) is 42.5 Å². The fourth-order valence-electron chi connectivity index (χ4n) is 4.07. The van der Waals surface area contributed by atoms with Crippen molar-refractivity contribution in [3.8, 4) is 0 Å². The zero-order valence-electron chi connectivity index (χ0n) is 16.1. The Hall–Kier alpha value is -3.22. The number of piperidine rings is 1. The molecule has 28 heavy (non-hydrogen) atoms. The zero-order chi connectivity index (χ0) is 19.1. The maximum atomic E-state index is 4.75. The Morgan fingerprint density at radius 3 is 2.86 bits per heavy atom. The first kappa shape index (κ1) is 16.9. The number of para-hydroxylation sites is 2. The second-order valence-electron chi connectivity index (χ2n) is 7.53. The lowest BCUT2D eigenvalue weighted by Crippen LogP contribution is -2.37. The number of aromatic nitrogens is 5. The smallest absolute Gasteiger partial charge is 0.222 e. The first-order chi connectivity index (χ1) is 13.7. The second-order valence-corrected chi connectivity index (χ2v) is 7.53. The van der Waals surface area contributed by atoms with E-state index in [1.165, 1.54) is 30.5 Å². The van der Waals surface area contributed by atoms with Crippen molar-refractivity contribution in [2.24, 2.45) is 0 Å². The number of anilines is 3. The molecule has 2 aromatic heterocycles. The predicted molar refractivity (Wildman–Crippen MR) is 111 cm³/mol. The summed E-state index contributed by atoms with van der Waals surface area (Å²) >= 11 is 0. The summed E-state index contributed by atoms with van der Waals surface area (Å²) in [6.07, 6.45) is 3.85. The maximum Gasteiger partial charge on any atom is 0.222 e. The normalized spacial score (nSPS) is 17.4. The third-order valence-corrected chi connectivity index (χ3v) is 5.62. The molecular weight excluding hydrogens is 350 g/mol. The highest BCUT2D eigenvalue weighted by molar-refractivity contribution is 5.84. The Labute approximate surface area is 163 Å². The van der Waals surface area contributed by atoms with Gasteiger partial charge in [0.05, 0.1) is 11.0 Å². The third-order valence-electron chi connectivity index (χ3n) is 5.62. The van der Waals surface area contributed by atoms with Gasteiger partial charge in [0.2, 0.25) is 5.65 Å². The van der Waals surface area contributed by atoms with Crippen LogP contribution in [0.2, 0.25) is 0 Å². The van der Waals surface area contributed by atoms with E-state index in [0.717, 1.165) is 23.3 Å². The van der Waals surface area contributed by atoms with Crippen LogP contribution in [-0.4, -0.2) is 37.6 Å². The Bertz CT molecular complexity index is 1150. The number of fused-ring (bicyclic) bond motifs is 3. The lowest BCUT2D eigenvalue weighted by Gasteiger charge is -2.35. The first-order valence-electron chi connectivity index (χ1n) is 9.82. The number of hydrogen-bond donors (Lipinski definition) is 1. The van der Waals surface area contributed by atoms with E-state index >= 15 is 0 Å². The molecule has 5 rings (SSSR count). The van der Waals surface area contributed by atoms with Gasteiger partial charge in [-0.15, -0.1) is 5.10 Å². The molecule has 1 saturated heterocycles. The van der Waals surface area contributed by atoms with E-state index in [-0.39, 0.29) is 0 Å². The van der Waals surface area contributed by atoms with Gasteiger partial charge in [-0.2, -0.15) is 4.52 Å². The van der Waals surface area contributed by atoms with E-state index in [2.05, 4.69) is 57.8 Å². The minimum absolute atomic E-state index is 0.593. The second kappa shape index (κ2) is 6.74. The monoisotopic (exact) mass is 373 g/mol. The lowest BCUT2D eigenvalue weighted by atomic mass is 10.0. The molecule has 2 aromatic carbocycles. The molecular formula is C21H23N7. The van der Waals surface area contributed by atoms with Gasteiger partial charge < -0.3 is 10.2 Å². The van der Waals surface area contributed by atoms with Crippen LogP contribution < -0.4 is 10.2 Å². The molecule has 1 aliphatic rings. The summed E-state index contributed by atoms with van der Waals surface area (Å²) < 4.78 is 1.73. The molecule has 1 N–H and O–H groups in total. The Morgan fingerprint density at radius 1 is 1.11 bits per heavy atom. The SMILES string of the molecule is Cc1cc(N2CCCCC2C)ccc1Nc1nc2ccccc2n2nnnc12. The number of hydrogen-bond acceptors (Lipinski definition) is 6. The number of nitrogens with zero attached hydrogens (tertiary/aromatic N) is 6. The van der Waals surface area contributed by atoms with Gasteiger partial charge in [0.25, 0.3) is 0 Å². The average molecular weight is 373 g/mol. The van der Waals surface area contributed by atoms with Crippen LogP contribution in [0.4, 0.5) is 17.2 Å². The number of tetrazole rings is 1. The molecule has 0 aliphatic carbocycles. The van der Waals surface area contributed by atoms with E-state index in [4.69, 9.17) is 4.98 Å². The fraction of sp³-hybridized carbons (Fsp3) is 0.333. The van der Waals surface area contributed by atoms with Crippen LogP contribution in [0.3, 0.4) is 0 Å². The van der Waals surface area contributed by atoms with Crippen molar-refractivity contribution in [1.82, 2.24) is 25.0 Å². The third kappa shape index (κ3) is 2.83. The largest absolute Gasteiger partial charge is 0.369 e. The number of rotatable bonds is 3. The number of benzene rings is 2. The average Bonchev–Trinajstić information content (AvgIpc) is 3.20. The maximum absolute atomic E-state index is 4.75. The molecule has 0 saturated carbocycles. The fourth-order valence-corrected chi connectivity index (χ4v) is 4.07. The highest BCUT2D eigenvalue weighted by atomic mass is 15.5. The van der Waals surface area contributed by atoms with Crippen molar-refractivity contribution < 1.29 is 0 Å². The lowest BCUT2D eigenvalue weighted by molar-refractivity contribution is 0.485. The Morgan fingerprint density at radius 2 is 2.00 bits per heavy atom. The zero-order valence-corrected chi connectivity index (χ0v) is 16.1. The van der Waals surface area contributed by atoms with E-state index in [9.17, 15) is 0 Å². The molecule has 1 unspecified atom stereocenters. The van der Waals surface area contributed by atoms with Gasteiger partial charge in [0.15, 0.2) is 5.82 Å². The molecule has 3 heterocycles. The molecule has 1 atom stereocenters. The minimum atomic E-state index is 0.593. The van der Waals surface area contributed by atoms with Gasteiger partial charge in [-0.3, -0.25) is 0 Å². The van der Waals surface area contributed by atoms with E-state index in [1.54, 1.807) is 4.52 Å². The molecule has 7 nitrogen and oxygen atoms in total. The van der Waals surface area contributed by atoms with Crippen molar-refractivity contribution in [3.05, 3.63) is 48.0 Å². The van der Waals surface area contributed by atoms with E-state index in [0.29, 0.717) is 17.5 Å². The predicted octanol–water partition coefficient (Wildman–Crippen LogP) is 4.10. The van der Waals surface area contributed by atoms with Crippen LogP contribution in [-0.2, 0) is 0 Å². The van der Waals surface area contributed by atoms with Crippen molar-refractivity contribution in [1.29, 1.82) is 0 Å². The summed E-state index contributed by atoms with van der Waals surface area (Å²) in [6, 6.07) is 15.0. The van der Waals surface area contributed by atoms with Crippen LogP contribution in [0.25, 0.3) is 16.7 Å². The summed E-state index contributed by atoms with van der Waals surface area (Å²) in [5.74, 6) is 0.658. The molecule has 0 spiro atoms. The Balaban J connectivity index is 1.51. The van der Waals surface area contributed by atoms with Crippen LogP contribution >= 0.6 is 0 Å². The first-order valence-corrected chi connectivity index (χ1v) is 9.82. The summed E-state index contributed by atoms with van der Waals surface area (Å²) in [4.78, 5) is 7.26. The van der Waals surface area contributed by atoms with Crippen LogP contribution in [0, 0.1) is 6.92 Å². The van der Waals surface area contributed by atoms with Gasteiger partial charge in [-0.25, -0.2) is 4.98 Å².